The summed E-state index contributed by atoms with van der Waals surface area (Å²) in [7, 11) is 0. The van der Waals surface area contributed by atoms with Gasteiger partial charge in [-0.2, -0.15) is 0 Å². The predicted octanol–water partition coefficient (Wildman–Crippen LogP) is 3.85. The van der Waals surface area contributed by atoms with Crippen LogP contribution in [-0.2, 0) is 4.79 Å². The fourth-order valence-electron chi connectivity index (χ4n) is 0.882. The molecular weight excluding hydrogens is 328 g/mol. The standard InChI is InChI=1S/C10H10Br2OS/c11-7-6-9(12)10(13)14-8-4-2-1-3-5-8/h1-5,9H,6-7H2. The van der Waals surface area contributed by atoms with Crippen molar-refractivity contribution in [3.63, 3.8) is 0 Å². The molecule has 4 heteroatoms. The molecule has 0 N–H and O–H groups in total. The number of carbonyl (C=O) groups is 1. The molecule has 1 atom stereocenters. The second kappa shape index (κ2) is 6.64. The summed E-state index contributed by atoms with van der Waals surface area (Å²) in [6, 6.07) is 9.69. The molecule has 0 aliphatic heterocycles. The van der Waals surface area contributed by atoms with Gasteiger partial charge in [-0.15, -0.1) is 0 Å². The van der Waals surface area contributed by atoms with Crippen molar-refractivity contribution in [2.75, 3.05) is 5.33 Å². The zero-order chi connectivity index (χ0) is 10.4. The van der Waals surface area contributed by atoms with E-state index in [4.69, 9.17) is 0 Å². The van der Waals surface area contributed by atoms with Crippen LogP contribution in [0.25, 0.3) is 0 Å². The third kappa shape index (κ3) is 4.15. The summed E-state index contributed by atoms with van der Waals surface area (Å²) in [4.78, 5) is 12.5. The first kappa shape index (κ1) is 12.3. The molecule has 76 valence electrons. The molecule has 1 unspecified atom stereocenters. The highest BCUT2D eigenvalue weighted by Crippen LogP contribution is 2.23. The summed E-state index contributed by atoms with van der Waals surface area (Å²) in [5.74, 6) is 0. The second-order valence-electron chi connectivity index (χ2n) is 2.68. The molecule has 1 nitrogen and oxygen atoms in total. The minimum Gasteiger partial charge on any atom is -0.286 e. The molecule has 0 radical (unpaired) electrons. The summed E-state index contributed by atoms with van der Waals surface area (Å²) < 4.78 is 0. The van der Waals surface area contributed by atoms with Gasteiger partial charge in [0.2, 0.25) is 5.12 Å². The van der Waals surface area contributed by atoms with Gasteiger partial charge in [-0.3, -0.25) is 4.79 Å². The fraction of sp³-hybridized carbons (Fsp3) is 0.300. The monoisotopic (exact) mass is 336 g/mol. The maximum absolute atomic E-state index is 11.6. The van der Waals surface area contributed by atoms with Crippen molar-refractivity contribution >= 4 is 48.7 Å². The lowest BCUT2D eigenvalue weighted by atomic mass is 10.4. The van der Waals surface area contributed by atoms with Crippen LogP contribution in [0, 0.1) is 0 Å². The van der Waals surface area contributed by atoms with Gasteiger partial charge in [-0.1, -0.05) is 61.8 Å². The zero-order valence-corrected chi connectivity index (χ0v) is 11.4. The number of hydrogen-bond acceptors (Lipinski definition) is 2. The first-order chi connectivity index (χ1) is 6.74. The molecule has 14 heavy (non-hydrogen) atoms. The minimum atomic E-state index is -0.0629. The van der Waals surface area contributed by atoms with Crippen molar-refractivity contribution < 1.29 is 4.79 Å². The highest BCUT2D eigenvalue weighted by Gasteiger charge is 2.14. The highest BCUT2D eigenvalue weighted by molar-refractivity contribution is 9.10. The van der Waals surface area contributed by atoms with Gasteiger partial charge in [0.1, 0.15) is 0 Å². The number of rotatable bonds is 4. The van der Waals surface area contributed by atoms with Crippen molar-refractivity contribution in [1.29, 1.82) is 0 Å². The van der Waals surface area contributed by atoms with Gasteiger partial charge in [-0.25, -0.2) is 0 Å². The van der Waals surface area contributed by atoms with Gasteiger partial charge in [0.15, 0.2) is 0 Å². The number of thioether (sulfide) groups is 1. The molecule has 0 heterocycles. The van der Waals surface area contributed by atoms with Crippen LogP contribution in [0.2, 0.25) is 0 Å². The Morgan fingerprint density at radius 1 is 1.36 bits per heavy atom. The van der Waals surface area contributed by atoms with Crippen LogP contribution in [-0.4, -0.2) is 15.3 Å². The number of benzene rings is 1. The van der Waals surface area contributed by atoms with Gasteiger partial charge in [0, 0.05) is 10.2 Å². The number of carbonyl (C=O) groups excluding carboxylic acids is 1. The largest absolute Gasteiger partial charge is 0.286 e. The van der Waals surface area contributed by atoms with Crippen molar-refractivity contribution in [2.24, 2.45) is 0 Å². The fourth-order valence-corrected chi connectivity index (χ4v) is 3.24. The van der Waals surface area contributed by atoms with Crippen LogP contribution in [0.5, 0.6) is 0 Å². The van der Waals surface area contributed by atoms with E-state index in [-0.39, 0.29) is 9.94 Å². The zero-order valence-electron chi connectivity index (χ0n) is 7.45. The van der Waals surface area contributed by atoms with E-state index in [1.54, 1.807) is 0 Å². The van der Waals surface area contributed by atoms with Gasteiger partial charge in [0.05, 0.1) is 4.83 Å². The molecule has 0 aliphatic carbocycles. The molecule has 1 aromatic carbocycles. The maximum atomic E-state index is 11.6. The number of halogens is 2. The molecule has 1 aromatic rings. The third-order valence-electron chi connectivity index (χ3n) is 1.58. The van der Waals surface area contributed by atoms with Crippen LogP contribution in [0.3, 0.4) is 0 Å². The van der Waals surface area contributed by atoms with Crippen molar-refractivity contribution in [2.45, 2.75) is 16.1 Å². The van der Waals surface area contributed by atoms with E-state index in [0.717, 1.165) is 16.6 Å². The molecule has 0 bridgehead atoms. The van der Waals surface area contributed by atoms with Crippen LogP contribution < -0.4 is 0 Å². The van der Waals surface area contributed by atoms with Gasteiger partial charge < -0.3 is 0 Å². The molecule has 0 amide bonds. The highest BCUT2D eigenvalue weighted by atomic mass is 79.9. The topological polar surface area (TPSA) is 17.1 Å². The molecule has 0 saturated carbocycles. The van der Waals surface area contributed by atoms with E-state index in [2.05, 4.69) is 31.9 Å². The lowest BCUT2D eigenvalue weighted by Crippen LogP contribution is -2.09. The molecular formula is C10H10Br2OS. The normalized spacial score (nSPS) is 12.4. The van der Waals surface area contributed by atoms with Gasteiger partial charge in [0.25, 0.3) is 0 Å². The Labute approximate surface area is 105 Å². The van der Waals surface area contributed by atoms with Crippen molar-refractivity contribution in [1.82, 2.24) is 0 Å². The SMILES string of the molecule is O=C(Sc1ccccc1)C(Br)CCBr. The Bertz CT molecular complexity index is 289. The lowest BCUT2D eigenvalue weighted by Gasteiger charge is -2.05. The molecule has 0 aliphatic rings. The predicted molar refractivity (Wildman–Crippen MR) is 68.4 cm³/mol. The van der Waals surface area contributed by atoms with Crippen molar-refractivity contribution in [3.8, 4) is 0 Å². The summed E-state index contributed by atoms with van der Waals surface area (Å²) >= 11 is 7.96. The number of alkyl halides is 2. The van der Waals surface area contributed by atoms with Gasteiger partial charge >= 0.3 is 0 Å². The molecule has 0 aromatic heterocycles. The van der Waals surface area contributed by atoms with Gasteiger partial charge in [-0.05, 0) is 18.6 Å². The Hall–Kier alpha value is 0.200. The quantitative estimate of drug-likeness (QED) is 0.613. The minimum absolute atomic E-state index is 0.0629. The number of hydrogen-bond donors (Lipinski definition) is 0. The van der Waals surface area contributed by atoms with E-state index >= 15 is 0 Å². The van der Waals surface area contributed by atoms with Crippen LogP contribution in [0.15, 0.2) is 35.2 Å². The first-order valence-electron chi connectivity index (χ1n) is 4.21. The molecule has 0 fully saturated rings. The Kier molecular flexibility index (Phi) is 5.82. The Morgan fingerprint density at radius 3 is 2.57 bits per heavy atom. The van der Waals surface area contributed by atoms with E-state index < -0.39 is 0 Å². The molecule has 1 rings (SSSR count). The average Bonchev–Trinajstić information content (AvgIpc) is 2.19. The summed E-state index contributed by atoms with van der Waals surface area (Å²) in [5.41, 5.74) is 0. The summed E-state index contributed by atoms with van der Waals surface area (Å²) in [6.45, 7) is 0. The first-order valence-corrected chi connectivity index (χ1v) is 7.06. The second-order valence-corrected chi connectivity index (χ2v) is 5.66. The third-order valence-corrected chi connectivity index (χ3v) is 4.21. The van der Waals surface area contributed by atoms with E-state index in [9.17, 15) is 4.79 Å². The summed E-state index contributed by atoms with van der Waals surface area (Å²) in [6.07, 6.45) is 0.818. The van der Waals surface area contributed by atoms with E-state index in [1.807, 2.05) is 30.3 Å². The molecule has 0 saturated heterocycles. The van der Waals surface area contributed by atoms with Crippen LogP contribution in [0.4, 0.5) is 0 Å². The Morgan fingerprint density at radius 2 is 2.00 bits per heavy atom. The van der Waals surface area contributed by atoms with Crippen LogP contribution >= 0.6 is 43.6 Å². The average molecular weight is 338 g/mol. The molecule has 0 spiro atoms. The smallest absolute Gasteiger partial charge is 0.207 e. The van der Waals surface area contributed by atoms with Crippen LogP contribution in [0.1, 0.15) is 6.42 Å². The van der Waals surface area contributed by atoms with E-state index in [0.29, 0.717) is 0 Å². The maximum Gasteiger partial charge on any atom is 0.207 e. The lowest BCUT2D eigenvalue weighted by molar-refractivity contribution is -0.110. The summed E-state index contributed by atoms with van der Waals surface area (Å²) in [5, 5.41) is 1.000. The Balaban J connectivity index is 2.49. The van der Waals surface area contributed by atoms with E-state index in [1.165, 1.54) is 11.8 Å². The van der Waals surface area contributed by atoms with Crippen molar-refractivity contribution in [3.05, 3.63) is 30.3 Å².